The van der Waals surface area contributed by atoms with E-state index in [1.54, 1.807) is 18.8 Å². The minimum absolute atomic E-state index is 1.26. The van der Waals surface area contributed by atoms with Crippen molar-refractivity contribution in [2.45, 2.75) is 0 Å². The van der Waals surface area contributed by atoms with E-state index in [-0.39, 0.29) is 0 Å². The molecule has 0 bridgehead atoms. The Bertz CT molecular complexity index is 83.7. The molecule has 0 aliphatic rings. The molecule has 0 rings (SSSR count). The fraction of sp³-hybridized carbons (Fsp3) is 0.500. The van der Waals surface area contributed by atoms with Gasteiger partial charge in [0.05, 0.1) is 0 Å². The first-order valence-corrected chi connectivity index (χ1v) is 1.92. The molecule has 0 saturated heterocycles. The van der Waals surface area contributed by atoms with E-state index < -0.39 is 0 Å². The van der Waals surface area contributed by atoms with Crippen LogP contribution in [0.25, 0.3) is 0 Å². The van der Waals surface area contributed by atoms with Crippen LogP contribution >= 0.6 is 0 Å². The maximum atomic E-state index is 4.41. The van der Waals surface area contributed by atoms with Gasteiger partial charge in [-0.25, -0.2) is 0 Å². The zero-order chi connectivity index (χ0) is 5.70. The predicted octanol–water partition coefficient (Wildman–Crippen LogP) is 0.786. The van der Waals surface area contributed by atoms with Crippen LogP contribution in [0.15, 0.2) is 18.1 Å². The second-order valence-corrected chi connectivity index (χ2v) is 1.20. The largest absolute Gasteiger partial charge is 0.317 e. The third-order valence-electron chi connectivity index (χ3n) is 0.285. The average molecular weight is 101 g/mol. The van der Waals surface area contributed by atoms with E-state index in [9.17, 15) is 0 Å². The van der Waals surface area contributed by atoms with Crippen LogP contribution in [0.4, 0.5) is 0 Å². The van der Waals surface area contributed by atoms with Crippen molar-refractivity contribution in [2.24, 2.45) is 5.28 Å². The van der Waals surface area contributed by atoms with Gasteiger partial charge in [0.15, 0.2) is 19.4 Å². The van der Waals surface area contributed by atoms with Crippen LogP contribution in [-0.4, -0.2) is 18.8 Å². The first-order valence-electron chi connectivity index (χ1n) is 1.92. The molecule has 0 amide bonds. The molecule has 0 unspecified atom stereocenters. The smallest absolute Gasteiger partial charge is 0.191 e. The highest BCUT2D eigenvalue weighted by atomic mass is 16.6. The van der Waals surface area contributed by atoms with Crippen molar-refractivity contribution in [3.05, 3.63) is 12.8 Å². The van der Waals surface area contributed by atoms with Crippen molar-refractivity contribution >= 4 is 0 Å². The topological polar surface area (TPSA) is 24.6 Å². The molecule has 0 atom stereocenters. The van der Waals surface area contributed by atoms with E-state index in [0.717, 1.165) is 0 Å². The lowest BCUT2D eigenvalue weighted by Gasteiger charge is -1.77. The second kappa shape index (κ2) is 3.33. The highest BCUT2D eigenvalue weighted by molar-refractivity contribution is 4.42. The van der Waals surface area contributed by atoms with Gasteiger partial charge in [-0.1, -0.05) is 11.3 Å². The minimum Gasteiger partial charge on any atom is -0.317 e. The molecule has 0 aliphatic carbocycles. The lowest BCUT2D eigenvalue weighted by Crippen LogP contribution is -1.90. The number of rotatable bonds is 2. The molecule has 40 valence electrons. The van der Waals surface area contributed by atoms with Crippen molar-refractivity contribution < 1.29 is 9.53 Å². The molecule has 0 aromatic rings. The van der Waals surface area contributed by atoms with Gasteiger partial charge in [-0.15, -0.1) is 0 Å². The molecular weight excluding hydrogens is 92.1 g/mol. The molecule has 0 radical (unpaired) electrons. The standard InChI is InChI=1S/C4H9N2O/c1-4-7-5-6(2)3/h4H,1H2,2-3H3/q+1. The summed E-state index contributed by atoms with van der Waals surface area (Å²) in [7, 11) is 3.53. The van der Waals surface area contributed by atoms with Gasteiger partial charge in [0.25, 0.3) is 0 Å². The Labute approximate surface area is 42.9 Å². The molecule has 0 saturated carbocycles. The van der Waals surface area contributed by atoms with Crippen LogP contribution in [0.3, 0.4) is 0 Å². The Kier molecular flexibility index (Phi) is 2.92. The van der Waals surface area contributed by atoms with E-state index in [4.69, 9.17) is 0 Å². The fourth-order valence-electron chi connectivity index (χ4n) is 0.128. The summed E-state index contributed by atoms with van der Waals surface area (Å²) in [5.74, 6) is 0. The van der Waals surface area contributed by atoms with E-state index in [1.165, 1.54) is 6.26 Å². The Morgan fingerprint density at radius 1 is 1.71 bits per heavy atom. The summed E-state index contributed by atoms with van der Waals surface area (Å²) < 4.78 is 1.54. The molecule has 0 aromatic heterocycles. The Morgan fingerprint density at radius 3 is 2.43 bits per heavy atom. The molecule has 3 heteroatoms. The van der Waals surface area contributed by atoms with Crippen LogP contribution in [-0.2, 0) is 4.84 Å². The SMILES string of the molecule is C=CON=[N+](C)C. The quantitative estimate of drug-likeness (QED) is 0.218. The van der Waals surface area contributed by atoms with Gasteiger partial charge in [0, 0.05) is 0 Å². The monoisotopic (exact) mass is 101 g/mol. The van der Waals surface area contributed by atoms with Crippen LogP contribution in [0.2, 0.25) is 0 Å². The van der Waals surface area contributed by atoms with Gasteiger partial charge < -0.3 is 4.84 Å². The van der Waals surface area contributed by atoms with E-state index in [0.29, 0.717) is 0 Å². The van der Waals surface area contributed by atoms with Crippen LogP contribution in [0, 0.1) is 0 Å². The highest BCUT2D eigenvalue weighted by Crippen LogP contribution is 1.71. The van der Waals surface area contributed by atoms with Crippen molar-refractivity contribution in [2.75, 3.05) is 14.1 Å². The lowest BCUT2D eigenvalue weighted by molar-refractivity contribution is -0.562. The summed E-state index contributed by atoms with van der Waals surface area (Å²) >= 11 is 0. The van der Waals surface area contributed by atoms with E-state index in [2.05, 4.69) is 16.7 Å². The molecule has 0 heterocycles. The molecule has 0 aromatic carbocycles. The van der Waals surface area contributed by atoms with Gasteiger partial charge in [-0.3, -0.25) is 0 Å². The third-order valence-corrected chi connectivity index (χ3v) is 0.285. The lowest BCUT2D eigenvalue weighted by atomic mass is 11.2. The number of nitrogens with zero attached hydrogens (tertiary/aromatic N) is 2. The normalized spacial score (nSPS) is 7.14. The van der Waals surface area contributed by atoms with Gasteiger partial charge in [-0.2, -0.15) is 0 Å². The van der Waals surface area contributed by atoms with Gasteiger partial charge >= 0.3 is 0 Å². The molecule has 0 fully saturated rings. The van der Waals surface area contributed by atoms with Crippen molar-refractivity contribution in [3.63, 3.8) is 0 Å². The Balaban J connectivity index is 3.25. The summed E-state index contributed by atoms with van der Waals surface area (Å²) in [6, 6.07) is 0. The number of hydrogen-bond acceptors (Lipinski definition) is 2. The third kappa shape index (κ3) is 5.14. The van der Waals surface area contributed by atoms with Crippen molar-refractivity contribution in [1.82, 2.24) is 0 Å². The average Bonchev–Trinajstić information content (AvgIpc) is 1.61. The van der Waals surface area contributed by atoms with Crippen molar-refractivity contribution in [3.8, 4) is 0 Å². The van der Waals surface area contributed by atoms with Gasteiger partial charge in [-0.05, 0) is 0 Å². The zero-order valence-electron chi connectivity index (χ0n) is 4.59. The van der Waals surface area contributed by atoms with Gasteiger partial charge in [0.2, 0.25) is 0 Å². The highest BCUT2D eigenvalue weighted by Gasteiger charge is 1.76. The van der Waals surface area contributed by atoms with Crippen molar-refractivity contribution in [1.29, 1.82) is 0 Å². The predicted molar refractivity (Wildman–Crippen MR) is 25.8 cm³/mol. The minimum atomic E-state index is 1.26. The summed E-state index contributed by atoms with van der Waals surface area (Å²) in [6.45, 7) is 3.29. The fourth-order valence-corrected chi connectivity index (χ4v) is 0.128. The van der Waals surface area contributed by atoms with Crippen LogP contribution < -0.4 is 0 Å². The van der Waals surface area contributed by atoms with Crippen LogP contribution in [0.5, 0.6) is 0 Å². The summed E-state index contributed by atoms with van der Waals surface area (Å²) in [5, 5.41) is 3.46. The van der Waals surface area contributed by atoms with Crippen LogP contribution in [0.1, 0.15) is 0 Å². The molecular formula is C4H9N2O+. The maximum Gasteiger partial charge on any atom is 0.191 e. The zero-order valence-corrected chi connectivity index (χ0v) is 4.59. The first-order chi connectivity index (χ1) is 3.27. The summed E-state index contributed by atoms with van der Waals surface area (Å²) in [6.07, 6.45) is 1.26. The molecule has 3 nitrogen and oxygen atoms in total. The Hall–Kier alpha value is -0.860. The molecule has 7 heavy (non-hydrogen) atoms. The first kappa shape index (κ1) is 6.14. The maximum absolute atomic E-state index is 4.41. The molecule has 0 N–H and O–H groups in total. The summed E-state index contributed by atoms with van der Waals surface area (Å²) in [4.78, 5) is 4.41. The second-order valence-electron chi connectivity index (χ2n) is 1.20. The molecule has 0 aliphatic heterocycles. The molecule has 0 spiro atoms. The Morgan fingerprint density at radius 2 is 2.29 bits per heavy atom. The van der Waals surface area contributed by atoms with E-state index >= 15 is 0 Å². The van der Waals surface area contributed by atoms with Gasteiger partial charge in [0.1, 0.15) is 6.26 Å². The summed E-state index contributed by atoms with van der Waals surface area (Å²) in [5.41, 5.74) is 0. The van der Waals surface area contributed by atoms with E-state index in [1.807, 2.05) is 0 Å². The number of hydrogen-bond donors (Lipinski definition) is 0.